The second-order valence-corrected chi connectivity index (χ2v) is 17.2. The molecule has 2 aliphatic carbocycles. The largest absolute Gasteiger partial charge is 0.469 e. The average molecular weight is 898 g/mol. The van der Waals surface area contributed by atoms with Gasteiger partial charge in [0.15, 0.2) is 0 Å². The van der Waals surface area contributed by atoms with E-state index in [1.54, 1.807) is 9.80 Å². The SMILES string of the molecule is CC[C@@H]1CC(N(Cc2cc(C(F)(F)F)cc(C(F)(F)F)c2)c2ncc(N3CC[C@H](OC(=O)C4CCC(C(=O)OC)CC4)C3)cn2)C[C@H](CC)N1C(=O)OC1CCC(C(=O)OC)CC1. The van der Waals surface area contributed by atoms with Crippen molar-refractivity contribution in [2.45, 2.75) is 147 Å². The zero-order valence-electron chi connectivity index (χ0n) is 36.1. The Morgan fingerprint density at radius 2 is 1.17 bits per heavy atom. The lowest BCUT2D eigenvalue weighted by atomic mass is 9.82. The summed E-state index contributed by atoms with van der Waals surface area (Å²) in [5, 5.41) is 0. The van der Waals surface area contributed by atoms with Crippen LogP contribution < -0.4 is 9.80 Å². The van der Waals surface area contributed by atoms with Gasteiger partial charge >= 0.3 is 36.4 Å². The number of methoxy groups -OCH3 is 2. The van der Waals surface area contributed by atoms with Gasteiger partial charge in [0.2, 0.25) is 5.95 Å². The predicted octanol–water partition coefficient (Wildman–Crippen LogP) is 8.51. The van der Waals surface area contributed by atoms with Crippen LogP contribution >= 0.6 is 0 Å². The average Bonchev–Trinajstić information content (AvgIpc) is 3.75. The van der Waals surface area contributed by atoms with Gasteiger partial charge in [-0.2, -0.15) is 26.3 Å². The summed E-state index contributed by atoms with van der Waals surface area (Å²) in [6.45, 7) is 4.28. The Kier molecular flexibility index (Phi) is 15.4. The standard InChI is InChI=1S/C44H57F6N5O8/c1-5-32-20-34(21-33(6-2)55(32)42(59)63-36-13-11-28(12-14-36)39(57)61-4)54(24-26-17-30(43(45,46)47)19-31(18-26)44(48,49)50)41-51-22-35(23-52-41)53-16-15-37(25-53)62-40(58)29-9-7-27(8-10-29)38(56)60-3/h17-19,22-23,27-29,32-34,36-37H,5-16,20-21,24-25H2,1-4H3/t27?,28?,29?,32-,33+,34?,36?,37-/m0/s1. The molecule has 0 radical (unpaired) electrons. The molecule has 0 N–H and O–H groups in total. The third-order valence-corrected chi connectivity index (χ3v) is 13.2. The molecular weight excluding hydrogens is 840 g/mol. The Hall–Kier alpha value is -4.84. The van der Waals surface area contributed by atoms with Crippen LogP contribution in [0.3, 0.4) is 0 Å². The van der Waals surface area contributed by atoms with Crippen LogP contribution in [0.1, 0.15) is 114 Å². The maximum atomic E-state index is 14.0. The number of likely N-dealkylation sites (tertiary alicyclic amines) is 1. The summed E-state index contributed by atoms with van der Waals surface area (Å²) in [5.41, 5.74) is -2.51. The number of nitrogens with zero attached hydrogens (tertiary/aromatic N) is 5. The zero-order valence-corrected chi connectivity index (χ0v) is 36.1. The summed E-state index contributed by atoms with van der Waals surface area (Å²) in [6, 6.07) is 0.225. The molecule has 348 valence electrons. The minimum Gasteiger partial charge on any atom is -0.469 e. The molecule has 2 saturated carbocycles. The number of rotatable bonds is 12. The molecule has 2 saturated heterocycles. The Labute approximate surface area is 363 Å². The number of anilines is 2. The van der Waals surface area contributed by atoms with Gasteiger partial charge in [-0.05, 0) is 101 Å². The fourth-order valence-corrected chi connectivity index (χ4v) is 9.66. The van der Waals surface area contributed by atoms with Gasteiger partial charge in [-0.25, -0.2) is 14.8 Å². The fourth-order valence-electron chi connectivity index (χ4n) is 9.66. The van der Waals surface area contributed by atoms with Crippen LogP contribution in [0.5, 0.6) is 0 Å². The molecule has 1 unspecified atom stereocenters. The minimum atomic E-state index is -5.05. The van der Waals surface area contributed by atoms with Crippen molar-refractivity contribution in [2.75, 3.05) is 37.1 Å². The number of ether oxygens (including phenoxy) is 4. The maximum Gasteiger partial charge on any atom is 0.416 e. The van der Waals surface area contributed by atoms with E-state index < -0.39 is 59.9 Å². The Balaban J connectivity index is 1.20. The van der Waals surface area contributed by atoms with Gasteiger partial charge in [0.05, 0.1) is 67.7 Å². The van der Waals surface area contributed by atoms with Crippen molar-refractivity contribution in [3.63, 3.8) is 0 Å². The second kappa shape index (κ2) is 20.3. The highest BCUT2D eigenvalue weighted by atomic mass is 19.4. The highest BCUT2D eigenvalue weighted by molar-refractivity contribution is 5.75. The third kappa shape index (κ3) is 11.7. The van der Waals surface area contributed by atoms with Crippen LogP contribution in [-0.2, 0) is 52.2 Å². The van der Waals surface area contributed by atoms with Gasteiger partial charge in [0, 0.05) is 37.6 Å². The van der Waals surface area contributed by atoms with E-state index in [-0.39, 0.29) is 59.8 Å². The van der Waals surface area contributed by atoms with E-state index >= 15 is 0 Å². The smallest absolute Gasteiger partial charge is 0.416 e. The lowest BCUT2D eigenvalue weighted by Crippen LogP contribution is -2.57. The fraction of sp³-hybridized carbons (Fsp3) is 0.682. The number of alkyl halides is 6. The van der Waals surface area contributed by atoms with Crippen molar-refractivity contribution in [1.29, 1.82) is 0 Å². The molecular formula is C44H57F6N5O8. The lowest BCUT2D eigenvalue weighted by molar-refractivity contribution is -0.157. The van der Waals surface area contributed by atoms with Crippen molar-refractivity contribution in [3.05, 3.63) is 47.3 Å². The molecule has 3 heterocycles. The predicted molar refractivity (Wildman–Crippen MR) is 216 cm³/mol. The Bertz CT molecular complexity index is 1860. The normalized spacial score (nSPS) is 26.8. The van der Waals surface area contributed by atoms with Crippen molar-refractivity contribution in [2.24, 2.45) is 17.8 Å². The summed E-state index contributed by atoms with van der Waals surface area (Å²) >= 11 is 0. The number of hydrogen-bond acceptors (Lipinski definition) is 12. The molecule has 4 atom stereocenters. The van der Waals surface area contributed by atoms with Gasteiger partial charge in [0.1, 0.15) is 12.2 Å². The Morgan fingerprint density at radius 1 is 0.683 bits per heavy atom. The van der Waals surface area contributed by atoms with Crippen molar-refractivity contribution in [3.8, 4) is 0 Å². The van der Waals surface area contributed by atoms with E-state index in [9.17, 15) is 45.5 Å². The van der Waals surface area contributed by atoms with E-state index in [0.717, 1.165) is 0 Å². The Morgan fingerprint density at radius 3 is 1.65 bits per heavy atom. The number of halogens is 6. The third-order valence-electron chi connectivity index (χ3n) is 13.2. The van der Waals surface area contributed by atoms with Gasteiger partial charge in [-0.15, -0.1) is 0 Å². The molecule has 2 aliphatic heterocycles. The lowest BCUT2D eigenvalue weighted by Gasteiger charge is -2.47. The van der Waals surface area contributed by atoms with E-state index in [4.69, 9.17) is 18.9 Å². The number of aromatic nitrogens is 2. The molecule has 4 aliphatic rings. The number of carbonyl (C=O) groups is 4. The molecule has 6 rings (SSSR count). The molecule has 4 fully saturated rings. The van der Waals surface area contributed by atoms with Crippen LogP contribution in [-0.4, -0.2) is 96.5 Å². The molecule has 19 heteroatoms. The highest BCUT2D eigenvalue weighted by Crippen LogP contribution is 2.39. The molecule has 1 aromatic heterocycles. The van der Waals surface area contributed by atoms with Crippen molar-refractivity contribution in [1.82, 2.24) is 14.9 Å². The highest BCUT2D eigenvalue weighted by Gasteiger charge is 2.43. The number of piperidine rings is 1. The number of hydrogen-bond donors (Lipinski definition) is 0. The summed E-state index contributed by atoms with van der Waals surface area (Å²) in [5.74, 6) is -1.59. The molecule has 2 aromatic rings. The first-order valence-corrected chi connectivity index (χ1v) is 21.9. The van der Waals surface area contributed by atoms with Crippen LogP contribution in [0.15, 0.2) is 30.6 Å². The summed E-state index contributed by atoms with van der Waals surface area (Å²) in [7, 11) is 2.68. The molecule has 0 bridgehead atoms. The molecule has 13 nitrogen and oxygen atoms in total. The van der Waals surface area contributed by atoms with Crippen LogP contribution in [0.25, 0.3) is 0 Å². The zero-order chi connectivity index (χ0) is 45.6. The molecule has 63 heavy (non-hydrogen) atoms. The maximum absolute atomic E-state index is 14.0. The van der Waals surface area contributed by atoms with Crippen molar-refractivity contribution >= 4 is 35.6 Å². The topological polar surface area (TPSA) is 141 Å². The summed E-state index contributed by atoms with van der Waals surface area (Å²) in [4.78, 5) is 65.4. The van der Waals surface area contributed by atoms with E-state index in [0.29, 0.717) is 114 Å². The van der Waals surface area contributed by atoms with E-state index in [1.165, 1.54) is 26.6 Å². The summed E-state index contributed by atoms with van der Waals surface area (Å²) in [6.07, 6.45) is -2.00. The van der Waals surface area contributed by atoms with Crippen LogP contribution in [0, 0.1) is 17.8 Å². The number of amides is 1. The van der Waals surface area contributed by atoms with Gasteiger partial charge in [0.25, 0.3) is 0 Å². The minimum absolute atomic E-state index is 0.0857. The number of benzene rings is 1. The van der Waals surface area contributed by atoms with Crippen LogP contribution in [0.4, 0.5) is 42.8 Å². The number of esters is 3. The van der Waals surface area contributed by atoms with Crippen LogP contribution in [0.2, 0.25) is 0 Å². The first kappa shape index (κ1) is 47.6. The second-order valence-electron chi connectivity index (χ2n) is 17.2. The molecule has 0 spiro atoms. The van der Waals surface area contributed by atoms with Crippen molar-refractivity contribution < 1.29 is 64.5 Å². The quantitative estimate of drug-likeness (QED) is 0.115. The van der Waals surface area contributed by atoms with E-state index in [1.807, 2.05) is 18.7 Å². The molecule has 1 amide bonds. The first-order chi connectivity index (χ1) is 29.9. The first-order valence-electron chi connectivity index (χ1n) is 21.9. The molecule has 1 aromatic carbocycles. The monoisotopic (exact) mass is 897 g/mol. The van der Waals surface area contributed by atoms with E-state index in [2.05, 4.69) is 9.97 Å². The summed E-state index contributed by atoms with van der Waals surface area (Å²) < 4.78 is 106. The van der Waals surface area contributed by atoms with Gasteiger partial charge < -0.3 is 33.6 Å². The van der Waals surface area contributed by atoms with Gasteiger partial charge in [-0.1, -0.05) is 13.8 Å². The van der Waals surface area contributed by atoms with Gasteiger partial charge in [-0.3, -0.25) is 14.4 Å². The number of carbonyl (C=O) groups excluding carboxylic acids is 4.